The monoisotopic (exact) mass is 418 g/mol. The first-order valence-corrected chi connectivity index (χ1v) is 12.3. The molecule has 2 aliphatic heterocycles. The molecule has 0 radical (unpaired) electrons. The summed E-state index contributed by atoms with van der Waals surface area (Å²) in [6.45, 7) is 5.18. The van der Waals surface area contributed by atoms with E-state index in [2.05, 4.69) is 39.4 Å². The fourth-order valence-electron chi connectivity index (χ4n) is 4.38. The molecule has 2 fully saturated rings. The smallest absolute Gasteiger partial charge is 0.234 e. The van der Waals surface area contributed by atoms with Crippen LogP contribution in [0.1, 0.15) is 68.3 Å². The average Bonchev–Trinajstić information content (AvgIpc) is 3.25. The van der Waals surface area contributed by atoms with Crippen molar-refractivity contribution in [3.05, 3.63) is 47.7 Å². The van der Waals surface area contributed by atoms with Crippen molar-refractivity contribution < 1.29 is 12.8 Å². The van der Waals surface area contributed by atoms with Crippen LogP contribution in [0.25, 0.3) is 0 Å². The van der Waals surface area contributed by atoms with Gasteiger partial charge in [0, 0.05) is 19.0 Å². The maximum absolute atomic E-state index is 12.5. The molecule has 158 valence electrons. The summed E-state index contributed by atoms with van der Waals surface area (Å²) >= 11 is 0. The first-order chi connectivity index (χ1) is 14.1. The minimum absolute atomic E-state index is 0.102. The van der Waals surface area contributed by atoms with E-state index in [1.54, 1.807) is 11.2 Å². The Bertz CT molecular complexity index is 892. The molecule has 1 atom stereocenters. The van der Waals surface area contributed by atoms with Crippen molar-refractivity contribution >= 4 is 10.0 Å². The molecule has 4 rings (SSSR count). The van der Waals surface area contributed by atoms with E-state index in [1.807, 2.05) is 6.07 Å². The van der Waals surface area contributed by atoms with Gasteiger partial charge in [-0.25, -0.2) is 8.42 Å². The quantitative estimate of drug-likeness (QED) is 0.716. The highest BCUT2D eigenvalue weighted by Crippen LogP contribution is 2.35. The molecule has 0 aliphatic carbocycles. The molecule has 8 heteroatoms. The molecular weight excluding hydrogens is 388 g/mol. The average molecular weight is 419 g/mol. The Morgan fingerprint density at radius 1 is 1.00 bits per heavy atom. The Morgan fingerprint density at radius 2 is 1.72 bits per heavy atom. The van der Waals surface area contributed by atoms with Crippen LogP contribution in [-0.2, 0) is 16.6 Å². The number of sulfonamides is 1. The number of hydrogen-bond donors (Lipinski definition) is 0. The van der Waals surface area contributed by atoms with Gasteiger partial charge in [-0.05, 0) is 51.3 Å². The lowest BCUT2D eigenvalue weighted by Gasteiger charge is -2.32. The van der Waals surface area contributed by atoms with Crippen LogP contribution in [-0.4, -0.2) is 53.2 Å². The standard InChI is InChI=1S/C21H30N4O3S/c1-2-29(26,27)25-13-7-6-10-19(25)21-23-22-20(28-21)18-11-14-24(15-12-18)16-17-8-4-3-5-9-17/h3-5,8-9,18-19H,2,6-7,10-16H2,1H3/t19-/m1/s1. The minimum atomic E-state index is -3.27. The van der Waals surface area contributed by atoms with Crippen molar-refractivity contribution in [3.63, 3.8) is 0 Å². The highest BCUT2D eigenvalue weighted by atomic mass is 32.2. The van der Waals surface area contributed by atoms with E-state index in [9.17, 15) is 8.42 Å². The summed E-state index contributed by atoms with van der Waals surface area (Å²) in [6, 6.07) is 10.2. The fourth-order valence-corrected chi connectivity index (χ4v) is 5.70. The third-order valence-electron chi connectivity index (χ3n) is 6.10. The molecule has 3 heterocycles. The van der Waals surface area contributed by atoms with E-state index in [0.29, 0.717) is 18.3 Å². The zero-order valence-electron chi connectivity index (χ0n) is 17.0. The fraction of sp³-hybridized carbons (Fsp3) is 0.619. The van der Waals surface area contributed by atoms with E-state index >= 15 is 0 Å². The Morgan fingerprint density at radius 3 is 2.45 bits per heavy atom. The zero-order valence-corrected chi connectivity index (χ0v) is 17.9. The second-order valence-electron chi connectivity index (χ2n) is 8.04. The summed E-state index contributed by atoms with van der Waals surface area (Å²) in [5.41, 5.74) is 1.33. The van der Waals surface area contributed by atoms with Crippen LogP contribution in [0.15, 0.2) is 34.7 Å². The normalized spacial score (nSPS) is 22.7. The summed E-state index contributed by atoms with van der Waals surface area (Å²) in [5.74, 6) is 1.48. The molecule has 1 aromatic heterocycles. The first kappa shape index (κ1) is 20.5. The van der Waals surface area contributed by atoms with Crippen LogP contribution in [0.2, 0.25) is 0 Å². The summed E-state index contributed by atoms with van der Waals surface area (Å²) in [7, 11) is -3.27. The van der Waals surface area contributed by atoms with Crippen molar-refractivity contribution in [1.82, 2.24) is 19.4 Å². The van der Waals surface area contributed by atoms with Gasteiger partial charge >= 0.3 is 0 Å². The molecule has 7 nitrogen and oxygen atoms in total. The molecule has 2 aliphatic rings. The SMILES string of the molecule is CCS(=O)(=O)N1CCCC[C@@H]1c1nnc(C2CCN(Cc3ccccc3)CC2)o1. The third kappa shape index (κ3) is 4.70. The molecule has 2 aromatic rings. The Kier molecular flexibility index (Phi) is 6.32. The van der Waals surface area contributed by atoms with Crippen molar-refractivity contribution in [1.29, 1.82) is 0 Å². The zero-order chi connectivity index (χ0) is 20.3. The second-order valence-corrected chi connectivity index (χ2v) is 10.2. The van der Waals surface area contributed by atoms with Gasteiger partial charge in [0.25, 0.3) is 0 Å². The number of benzene rings is 1. The summed E-state index contributed by atoms with van der Waals surface area (Å²) in [5, 5.41) is 8.57. The van der Waals surface area contributed by atoms with Gasteiger partial charge in [0.1, 0.15) is 6.04 Å². The van der Waals surface area contributed by atoms with Gasteiger partial charge in [0.15, 0.2) is 0 Å². The maximum Gasteiger partial charge on any atom is 0.234 e. The molecule has 0 saturated carbocycles. The van der Waals surface area contributed by atoms with Crippen molar-refractivity contribution in [2.75, 3.05) is 25.4 Å². The molecule has 0 spiro atoms. The number of nitrogens with zero attached hydrogens (tertiary/aromatic N) is 4. The van der Waals surface area contributed by atoms with Crippen LogP contribution in [0.4, 0.5) is 0 Å². The largest absolute Gasteiger partial charge is 0.423 e. The van der Waals surface area contributed by atoms with Crippen molar-refractivity contribution in [2.24, 2.45) is 0 Å². The van der Waals surface area contributed by atoms with E-state index in [1.165, 1.54) is 5.56 Å². The lowest BCUT2D eigenvalue weighted by molar-refractivity contribution is 0.184. The van der Waals surface area contributed by atoms with Crippen LogP contribution in [0.3, 0.4) is 0 Å². The van der Waals surface area contributed by atoms with Gasteiger partial charge in [-0.1, -0.05) is 36.8 Å². The molecular formula is C21H30N4O3S. The van der Waals surface area contributed by atoms with Gasteiger partial charge in [-0.2, -0.15) is 4.31 Å². The Labute approximate surface area is 173 Å². The van der Waals surface area contributed by atoms with Crippen molar-refractivity contribution in [3.8, 4) is 0 Å². The molecule has 0 unspecified atom stereocenters. The van der Waals surface area contributed by atoms with E-state index < -0.39 is 10.0 Å². The third-order valence-corrected chi connectivity index (χ3v) is 7.98. The number of likely N-dealkylation sites (tertiary alicyclic amines) is 1. The lowest BCUT2D eigenvalue weighted by Crippen LogP contribution is -2.39. The molecule has 2 saturated heterocycles. The van der Waals surface area contributed by atoms with Crippen LogP contribution in [0.5, 0.6) is 0 Å². The number of rotatable bonds is 6. The van der Waals surface area contributed by atoms with Gasteiger partial charge in [0.05, 0.1) is 5.75 Å². The Hall–Kier alpha value is -1.77. The predicted octanol–water partition coefficient (Wildman–Crippen LogP) is 3.33. The van der Waals surface area contributed by atoms with Crippen LogP contribution < -0.4 is 0 Å². The molecule has 0 amide bonds. The summed E-state index contributed by atoms with van der Waals surface area (Å²) in [6.07, 6.45) is 4.58. The van der Waals surface area contributed by atoms with Gasteiger partial charge in [0.2, 0.25) is 21.8 Å². The van der Waals surface area contributed by atoms with Crippen LogP contribution in [0, 0.1) is 0 Å². The van der Waals surface area contributed by atoms with Gasteiger partial charge in [-0.3, -0.25) is 4.90 Å². The van der Waals surface area contributed by atoms with E-state index in [-0.39, 0.29) is 17.7 Å². The number of hydrogen-bond acceptors (Lipinski definition) is 6. The van der Waals surface area contributed by atoms with E-state index in [0.717, 1.165) is 51.7 Å². The summed E-state index contributed by atoms with van der Waals surface area (Å²) < 4.78 is 32.5. The highest BCUT2D eigenvalue weighted by Gasteiger charge is 2.36. The summed E-state index contributed by atoms with van der Waals surface area (Å²) in [4.78, 5) is 2.46. The molecule has 29 heavy (non-hydrogen) atoms. The van der Waals surface area contributed by atoms with Crippen LogP contribution >= 0.6 is 0 Å². The van der Waals surface area contributed by atoms with Gasteiger partial charge < -0.3 is 4.42 Å². The van der Waals surface area contributed by atoms with Crippen molar-refractivity contribution in [2.45, 2.75) is 57.5 Å². The number of piperidine rings is 2. The second kappa shape index (κ2) is 8.93. The lowest BCUT2D eigenvalue weighted by atomic mass is 9.96. The van der Waals surface area contributed by atoms with Gasteiger partial charge in [-0.15, -0.1) is 10.2 Å². The molecule has 0 bridgehead atoms. The topological polar surface area (TPSA) is 79.5 Å². The minimum Gasteiger partial charge on any atom is -0.423 e. The number of aromatic nitrogens is 2. The predicted molar refractivity (Wildman–Crippen MR) is 111 cm³/mol. The first-order valence-electron chi connectivity index (χ1n) is 10.7. The molecule has 1 aromatic carbocycles. The van der Waals surface area contributed by atoms with E-state index in [4.69, 9.17) is 4.42 Å². The Balaban J connectivity index is 1.39. The molecule has 0 N–H and O–H groups in total. The maximum atomic E-state index is 12.5. The highest BCUT2D eigenvalue weighted by molar-refractivity contribution is 7.89.